The summed E-state index contributed by atoms with van der Waals surface area (Å²) in [4.78, 5) is 12.1. The number of rotatable bonds is 6. The highest BCUT2D eigenvalue weighted by Gasteiger charge is 2.03. The van der Waals surface area contributed by atoms with Gasteiger partial charge in [-0.15, -0.1) is 0 Å². The Kier molecular flexibility index (Phi) is 5.87. The number of hydrogen-bond donors (Lipinski definition) is 1. The summed E-state index contributed by atoms with van der Waals surface area (Å²) in [7, 11) is 0. The predicted octanol–water partition coefficient (Wildman–Crippen LogP) is 4.19. The molecular weight excluding hydrogens is 334 g/mol. The van der Waals surface area contributed by atoms with Crippen LogP contribution in [0.1, 0.15) is 33.6 Å². The fraction of sp³-hybridized carbons (Fsp3) is 0.217. The van der Waals surface area contributed by atoms with Gasteiger partial charge >= 0.3 is 0 Å². The summed E-state index contributed by atoms with van der Waals surface area (Å²) in [6.45, 7) is 7.33. The lowest BCUT2D eigenvalue weighted by Crippen LogP contribution is -2.20. The van der Waals surface area contributed by atoms with Gasteiger partial charge in [0.1, 0.15) is 0 Å². The zero-order valence-electron chi connectivity index (χ0n) is 16.1. The average Bonchev–Trinajstić information content (AvgIpc) is 2.95. The number of nitrogens with one attached hydrogen (secondary N) is 1. The van der Waals surface area contributed by atoms with Gasteiger partial charge in [-0.05, 0) is 49.6 Å². The van der Waals surface area contributed by atoms with E-state index in [4.69, 9.17) is 0 Å². The Balaban J connectivity index is 1.58. The number of aromatic nitrogens is 2. The van der Waals surface area contributed by atoms with Gasteiger partial charge in [-0.3, -0.25) is 9.48 Å². The van der Waals surface area contributed by atoms with Crippen LogP contribution in [-0.2, 0) is 17.9 Å². The van der Waals surface area contributed by atoms with Crippen LogP contribution in [0.3, 0.4) is 0 Å². The summed E-state index contributed by atoms with van der Waals surface area (Å²) in [5.41, 5.74) is 6.62. The van der Waals surface area contributed by atoms with Crippen molar-refractivity contribution in [3.8, 4) is 0 Å². The highest BCUT2D eigenvalue weighted by Crippen LogP contribution is 2.10. The largest absolute Gasteiger partial charge is 0.348 e. The molecule has 0 fully saturated rings. The van der Waals surface area contributed by atoms with Crippen LogP contribution in [0.15, 0.2) is 60.7 Å². The number of benzene rings is 2. The number of carbonyl (C=O) groups excluding carboxylic acids is 1. The Morgan fingerprint density at radius 2 is 1.81 bits per heavy atom. The maximum absolute atomic E-state index is 12.1. The summed E-state index contributed by atoms with van der Waals surface area (Å²) in [6.07, 6.45) is 3.41. The number of hydrogen-bond acceptors (Lipinski definition) is 2. The van der Waals surface area contributed by atoms with Crippen molar-refractivity contribution in [2.45, 2.75) is 33.9 Å². The maximum atomic E-state index is 12.1. The van der Waals surface area contributed by atoms with Crippen LogP contribution < -0.4 is 5.32 Å². The van der Waals surface area contributed by atoms with E-state index in [1.807, 2.05) is 61.0 Å². The molecule has 27 heavy (non-hydrogen) atoms. The second-order valence-corrected chi connectivity index (χ2v) is 6.87. The zero-order chi connectivity index (χ0) is 19.2. The number of nitrogens with zero attached hydrogens (tertiary/aromatic N) is 2. The van der Waals surface area contributed by atoms with E-state index in [0.717, 1.165) is 29.1 Å². The fourth-order valence-corrected chi connectivity index (χ4v) is 3.04. The van der Waals surface area contributed by atoms with E-state index in [9.17, 15) is 4.79 Å². The number of amides is 1. The van der Waals surface area contributed by atoms with Crippen molar-refractivity contribution in [2.75, 3.05) is 0 Å². The molecule has 0 saturated heterocycles. The first-order valence-corrected chi connectivity index (χ1v) is 9.11. The van der Waals surface area contributed by atoms with Crippen LogP contribution in [0.5, 0.6) is 0 Å². The summed E-state index contributed by atoms with van der Waals surface area (Å²) in [5, 5.41) is 7.45. The molecule has 0 aliphatic carbocycles. The van der Waals surface area contributed by atoms with E-state index < -0.39 is 0 Å². The minimum atomic E-state index is -0.0968. The summed E-state index contributed by atoms with van der Waals surface area (Å²) in [5.74, 6) is -0.0968. The minimum Gasteiger partial charge on any atom is -0.348 e. The van der Waals surface area contributed by atoms with Crippen molar-refractivity contribution in [1.29, 1.82) is 0 Å². The average molecular weight is 359 g/mol. The Labute approximate surface area is 160 Å². The van der Waals surface area contributed by atoms with E-state index in [1.165, 1.54) is 11.1 Å². The Morgan fingerprint density at radius 3 is 2.56 bits per heavy atom. The molecule has 4 heteroatoms. The van der Waals surface area contributed by atoms with Crippen molar-refractivity contribution in [1.82, 2.24) is 15.1 Å². The standard InChI is InChI=1S/C23H25N3O/c1-17-6-4-7-20(12-17)10-11-23(27)24-15-21-8-5-9-22(14-21)16-26-19(3)13-18(2)25-26/h4-14H,15-16H2,1-3H3,(H,24,27)/b11-10+. The lowest BCUT2D eigenvalue weighted by atomic mass is 10.1. The molecule has 1 amide bonds. The van der Waals surface area contributed by atoms with E-state index in [1.54, 1.807) is 6.08 Å². The molecule has 1 aromatic heterocycles. The highest BCUT2D eigenvalue weighted by atomic mass is 16.1. The first kappa shape index (κ1) is 18.6. The van der Waals surface area contributed by atoms with Crippen molar-refractivity contribution in [3.63, 3.8) is 0 Å². The summed E-state index contributed by atoms with van der Waals surface area (Å²) >= 11 is 0. The van der Waals surface area contributed by atoms with Gasteiger partial charge in [0.2, 0.25) is 5.91 Å². The molecule has 0 saturated carbocycles. The molecule has 1 N–H and O–H groups in total. The summed E-state index contributed by atoms with van der Waals surface area (Å²) < 4.78 is 2.00. The van der Waals surface area contributed by atoms with Gasteiger partial charge in [0, 0.05) is 18.3 Å². The van der Waals surface area contributed by atoms with Crippen LogP contribution in [0, 0.1) is 20.8 Å². The van der Waals surface area contributed by atoms with Gasteiger partial charge in [0.15, 0.2) is 0 Å². The van der Waals surface area contributed by atoms with E-state index in [0.29, 0.717) is 6.54 Å². The molecule has 0 radical (unpaired) electrons. The molecule has 4 nitrogen and oxygen atoms in total. The van der Waals surface area contributed by atoms with Crippen molar-refractivity contribution in [2.24, 2.45) is 0 Å². The second-order valence-electron chi connectivity index (χ2n) is 6.87. The quantitative estimate of drug-likeness (QED) is 0.671. The monoisotopic (exact) mass is 359 g/mol. The van der Waals surface area contributed by atoms with Crippen LogP contribution in [0.4, 0.5) is 0 Å². The van der Waals surface area contributed by atoms with Crippen molar-refractivity contribution in [3.05, 3.63) is 94.3 Å². The molecule has 0 unspecified atom stereocenters. The molecular formula is C23H25N3O. The lowest BCUT2D eigenvalue weighted by molar-refractivity contribution is -0.116. The molecule has 2 aromatic carbocycles. The number of carbonyl (C=O) groups is 1. The van der Waals surface area contributed by atoms with E-state index in [-0.39, 0.29) is 5.91 Å². The smallest absolute Gasteiger partial charge is 0.244 e. The van der Waals surface area contributed by atoms with Gasteiger partial charge in [-0.2, -0.15) is 5.10 Å². The van der Waals surface area contributed by atoms with E-state index in [2.05, 4.69) is 35.5 Å². The van der Waals surface area contributed by atoms with E-state index >= 15 is 0 Å². The van der Waals surface area contributed by atoms with Crippen LogP contribution in [0.2, 0.25) is 0 Å². The van der Waals surface area contributed by atoms with Crippen LogP contribution in [0.25, 0.3) is 6.08 Å². The fourth-order valence-electron chi connectivity index (χ4n) is 3.04. The molecule has 0 bridgehead atoms. The molecule has 0 aliphatic heterocycles. The lowest BCUT2D eigenvalue weighted by Gasteiger charge is -2.08. The van der Waals surface area contributed by atoms with Crippen LogP contribution in [-0.4, -0.2) is 15.7 Å². The highest BCUT2D eigenvalue weighted by molar-refractivity contribution is 5.91. The molecule has 1 heterocycles. The first-order chi connectivity index (χ1) is 13.0. The molecule has 3 rings (SSSR count). The Hall–Kier alpha value is -3.14. The van der Waals surface area contributed by atoms with Gasteiger partial charge < -0.3 is 5.32 Å². The minimum absolute atomic E-state index is 0.0968. The molecule has 3 aromatic rings. The van der Waals surface area contributed by atoms with Gasteiger partial charge in [0.05, 0.1) is 12.2 Å². The second kappa shape index (κ2) is 8.49. The topological polar surface area (TPSA) is 46.9 Å². The van der Waals surface area contributed by atoms with Crippen molar-refractivity contribution < 1.29 is 4.79 Å². The predicted molar refractivity (Wildman–Crippen MR) is 109 cm³/mol. The third-order valence-corrected chi connectivity index (χ3v) is 4.36. The third-order valence-electron chi connectivity index (χ3n) is 4.36. The molecule has 138 valence electrons. The zero-order valence-corrected chi connectivity index (χ0v) is 16.1. The third kappa shape index (κ3) is 5.42. The Morgan fingerprint density at radius 1 is 1.04 bits per heavy atom. The van der Waals surface area contributed by atoms with Gasteiger partial charge in [-0.25, -0.2) is 0 Å². The number of aryl methyl sites for hydroxylation is 3. The van der Waals surface area contributed by atoms with Crippen molar-refractivity contribution >= 4 is 12.0 Å². The molecule has 0 aliphatic rings. The van der Waals surface area contributed by atoms with Crippen LogP contribution >= 0.6 is 0 Å². The first-order valence-electron chi connectivity index (χ1n) is 9.11. The maximum Gasteiger partial charge on any atom is 0.244 e. The van der Waals surface area contributed by atoms with Gasteiger partial charge in [-0.1, -0.05) is 54.1 Å². The summed E-state index contributed by atoms with van der Waals surface area (Å²) in [6, 6.07) is 18.4. The Bertz CT molecular complexity index is 969. The SMILES string of the molecule is Cc1cccc(/C=C/C(=O)NCc2cccc(Cn3nc(C)cc3C)c2)c1. The normalized spacial score (nSPS) is 11.1. The molecule has 0 atom stereocenters. The van der Waals surface area contributed by atoms with Gasteiger partial charge in [0.25, 0.3) is 0 Å². The molecule has 0 spiro atoms.